The van der Waals surface area contributed by atoms with Gasteiger partial charge in [0, 0.05) is 13.1 Å². The summed E-state index contributed by atoms with van der Waals surface area (Å²) in [4.78, 5) is 11.3. The average Bonchev–Trinajstić information content (AvgIpc) is 2.19. The highest BCUT2D eigenvalue weighted by molar-refractivity contribution is 7.99. The predicted octanol–water partition coefficient (Wildman–Crippen LogP) is 1.49. The first-order valence-corrected chi connectivity index (χ1v) is 6.87. The molecular weight excluding hydrogens is 208 g/mol. The number of carbonyl (C=O) groups is 1. The standard InChI is InChI=1S/C11H24N2OS/c1-4-12-6-7-13-11(14)9-15-8-5-10(2)3/h10,12H,4-9H2,1-3H3,(H,13,14). The predicted molar refractivity (Wildman–Crippen MR) is 68.3 cm³/mol. The van der Waals surface area contributed by atoms with Gasteiger partial charge in [0.15, 0.2) is 0 Å². The second kappa shape index (κ2) is 10.3. The summed E-state index contributed by atoms with van der Waals surface area (Å²) in [5.41, 5.74) is 0. The van der Waals surface area contributed by atoms with E-state index in [4.69, 9.17) is 0 Å². The SMILES string of the molecule is CCNCCNC(=O)CSCCC(C)C. The third-order valence-corrected chi connectivity index (χ3v) is 2.94. The smallest absolute Gasteiger partial charge is 0.230 e. The van der Waals surface area contributed by atoms with E-state index in [1.807, 2.05) is 0 Å². The number of likely N-dealkylation sites (N-methyl/N-ethyl adjacent to an activating group) is 1. The minimum Gasteiger partial charge on any atom is -0.354 e. The van der Waals surface area contributed by atoms with Crippen LogP contribution in [0.15, 0.2) is 0 Å². The molecule has 0 saturated heterocycles. The van der Waals surface area contributed by atoms with Crippen molar-refractivity contribution in [3.63, 3.8) is 0 Å². The van der Waals surface area contributed by atoms with Gasteiger partial charge in [-0.1, -0.05) is 20.8 Å². The molecule has 0 aliphatic heterocycles. The van der Waals surface area contributed by atoms with Crippen LogP contribution in [0.1, 0.15) is 27.2 Å². The Labute approximate surface area is 97.8 Å². The number of hydrogen-bond acceptors (Lipinski definition) is 3. The summed E-state index contributed by atoms with van der Waals surface area (Å²) in [6.07, 6.45) is 1.19. The Hall–Kier alpha value is -0.220. The maximum absolute atomic E-state index is 11.3. The number of amides is 1. The fourth-order valence-electron chi connectivity index (χ4n) is 1.00. The number of thioether (sulfide) groups is 1. The first kappa shape index (κ1) is 14.8. The Balaban J connectivity index is 3.19. The van der Waals surface area contributed by atoms with E-state index in [9.17, 15) is 4.79 Å². The molecule has 0 rings (SSSR count). The van der Waals surface area contributed by atoms with Gasteiger partial charge in [-0.3, -0.25) is 4.79 Å². The molecule has 0 aromatic rings. The highest BCUT2D eigenvalue weighted by Gasteiger charge is 2.00. The second-order valence-electron chi connectivity index (χ2n) is 3.94. The number of rotatable bonds is 9. The molecule has 0 aliphatic rings. The highest BCUT2D eigenvalue weighted by Crippen LogP contribution is 2.07. The molecule has 0 aromatic heterocycles. The van der Waals surface area contributed by atoms with Crippen molar-refractivity contribution < 1.29 is 4.79 Å². The summed E-state index contributed by atoms with van der Waals surface area (Å²) in [6.45, 7) is 9.02. The first-order chi connectivity index (χ1) is 7.16. The summed E-state index contributed by atoms with van der Waals surface area (Å²) >= 11 is 1.72. The third kappa shape index (κ3) is 11.7. The van der Waals surface area contributed by atoms with Crippen molar-refractivity contribution >= 4 is 17.7 Å². The van der Waals surface area contributed by atoms with Crippen LogP contribution in [-0.2, 0) is 4.79 Å². The van der Waals surface area contributed by atoms with Gasteiger partial charge in [-0.05, 0) is 24.6 Å². The molecule has 0 radical (unpaired) electrons. The van der Waals surface area contributed by atoms with Gasteiger partial charge in [0.05, 0.1) is 5.75 Å². The van der Waals surface area contributed by atoms with Gasteiger partial charge in [-0.25, -0.2) is 0 Å². The van der Waals surface area contributed by atoms with E-state index >= 15 is 0 Å². The minimum atomic E-state index is 0.154. The molecule has 0 saturated carbocycles. The van der Waals surface area contributed by atoms with Crippen LogP contribution in [0.25, 0.3) is 0 Å². The molecule has 0 aliphatic carbocycles. The van der Waals surface area contributed by atoms with E-state index in [-0.39, 0.29) is 5.91 Å². The van der Waals surface area contributed by atoms with Crippen LogP contribution in [0.2, 0.25) is 0 Å². The van der Waals surface area contributed by atoms with Crippen LogP contribution in [0.5, 0.6) is 0 Å². The molecule has 2 N–H and O–H groups in total. The van der Waals surface area contributed by atoms with E-state index in [2.05, 4.69) is 31.4 Å². The van der Waals surface area contributed by atoms with Gasteiger partial charge in [0.2, 0.25) is 5.91 Å². The molecule has 1 amide bonds. The molecule has 4 heteroatoms. The lowest BCUT2D eigenvalue weighted by atomic mass is 10.2. The average molecular weight is 232 g/mol. The van der Waals surface area contributed by atoms with Crippen molar-refractivity contribution in [3.8, 4) is 0 Å². The third-order valence-electron chi connectivity index (χ3n) is 1.95. The Morgan fingerprint density at radius 1 is 1.33 bits per heavy atom. The molecule has 15 heavy (non-hydrogen) atoms. The second-order valence-corrected chi connectivity index (χ2v) is 5.04. The van der Waals surface area contributed by atoms with Gasteiger partial charge >= 0.3 is 0 Å². The van der Waals surface area contributed by atoms with Crippen LogP contribution in [0.3, 0.4) is 0 Å². The molecule has 90 valence electrons. The topological polar surface area (TPSA) is 41.1 Å². The summed E-state index contributed by atoms with van der Waals surface area (Å²) in [5.74, 6) is 2.56. The van der Waals surface area contributed by atoms with E-state index in [1.54, 1.807) is 11.8 Å². The van der Waals surface area contributed by atoms with Crippen LogP contribution < -0.4 is 10.6 Å². The maximum Gasteiger partial charge on any atom is 0.230 e. The summed E-state index contributed by atoms with van der Waals surface area (Å²) in [6, 6.07) is 0. The monoisotopic (exact) mass is 232 g/mol. The molecule has 0 heterocycles. The van der Waals surface area contributed by atoms with Crippen molar-refractivity contribution in [3.05, 3.63) is 0 Å². The zero-order chi connectivity index (χ0) is 11.5. The van der Waals surface area contributed by atoms with Gasteiger partial charge in [0.25, 0.3) is 0 Å². The summed E-state index contributed by atoms with van der Waals surface area (Å²) in [5, 5.41) is 6.05. The van der Waals surface area contributed by atoms with Crippen molar-refractivity contribution in [2.24, 2.45) is 5.92 Å². The minimum absolute atomic E-state index is 0.154. The zero-order valence-electron chi connectivity index (χ0n) is 10.1. The molecule has 0 atom stereocenters. The highest BCUT2D eigenvalue weighted by atomic mass is 32.2. The van der Waals surface area contributed by atoms with Gasteiger partial charge in [0.1, 0.15) is 0 Å². The van der Waals surface area contributed by atoms with Gasteiger partial charge < -0.3 is 10.6 Å². The number of hydrogen-bond donors (Lipinski definition) is 2. The molecule has 0 bridgehead atoms. The quantitative estimate of drug-likeness (QED) is 0.592. The van der Waals surface area contributed by atoms with Gasteiger partial charge in [-0.15, -0.1) is 0 Å². The van der Waals surface area contributed by atoms with Crippen LogP contribution in [-0.4, -0.2) is 37.0 Å². The van der Waals surface area contributed by atoms with Crippen LogP contribution in [0, 0.1) is 5.92 Å². The fraction of sp³-hybridized carbons (Fsp3) is 0.909. The maximum atomic E-state index is 11.3. The molecule has 0 aromatic carbocycles. The lowest BCUT2D eigenvalue weighted by Gasteiger charge is -2.06. The number of nitrogens with one attached hydrogen (secondary N) is 2. The van der Waals surface area contributed by atoms with Crippen LogP contribution in [0.4, 0.5) is 0 Å². The lowest BCUT2D eigenvalue weighted by molar-refractivity contribution is -0.118. The molecule has 0 unspecified atom stereocenters. The molecular formula is C11H24N2OS. The van der Waals surface area contributed by atoms with E-state index in [1.165, 1.54) is 6.42 Å². The van der Waals surface area contributed by atoms with E-state index in [0.717, 1.165) is 31.3 Å². The van der Waals surface area contributed by atoms with Crippen molar-refractivity contribution in [1.29, 1.82) is 0 Å². The van der Waals surface area contributed by atoms with Crippen molar-refractivity contribution in [2.75, 3.05) is 31.1 Å². The first-order valence-electron chi connectivity index (χ1n) is 5.72. The van der Waals surface area contributed by atoms with E-state index < -0.39 is 0 Å². The normalized spacial score (nSPS) is 10.7. The zero-order valence-corrected chi connectivity index (χ0v) is 11.0. The Bertz CT molecular complexity index is 163. The van der Waals surface area contributed by atoms with Gasteiger partial charge in [-0.2, -0.15) is 11.8 Å². The van der Waals surface area contributed by atoms with Crippen molar-refractivity contribution in [2.45, 2.75) is 27.2 Å². The summed E-state index contributed by atoms with van der Waals surface area (Å²) < 4.78 is 0. The molecule has 0 fully saturated rings. The van der Waals surface area contributed by atoms with E-state index in [0.29, 0.717) is 5.75 Å². The molecule has 0 spiro atoms. The summed E-state index contributed by atoms with van der Waals surface area (Å²) in [7, 11) is 0. The fourth-order valence-corrected chi connectivity index (χ4v) is 2.07. The Kier molecular flexibility index (Phi) is 10.2. The Morgan fingerprint density at radius 3 is 2.67 bits per heavy atom. The number of carbonyl (C=O) groups excluding carboxylic acids is 1. The Morgan fingerprint density at radius 2 is 2.07 bits per heavy atom. The van der Waals surface area contributed by atoms with Crippen molar-refractivity contribution in [1.82, 2.24) is 10.6 Å². The largest absolute Gasteiger partial charge is 0.354 e. The molecule has 3 nitrogen and oxygen atoms in total. The van der Waals surface area contributed by atoms with Crippen LogP contribution >= 0.6 is 11.8 Å². The lowest BCUT2D eigenvalue weighted by Crippen LogP contribution is -2.32.